The van der Waals surface area contributed by atoms with Crippen LogP contribution in [0.1, 0.15) is 15.9 Å². The van der Waals surface area contributed by atoms with Crippen molar-refractivity contribution in [3.63, 3.8) is 0 Å². The maximum absolute atomic E-state index is 12.8. The number of fused-ring (bicyclic) bond motifs is 1. The number of benzene rings is 2. The second-order valence-corrected chi connectivity index (χ2v) is 6.05. The molecule has 0 radical (unpaired) electrons. The molecule has 1 heterocycles. The van der Waals surface area contributed by atoms with E-state index in [9.17, 15) is 10.1 Å². The molecule has 4 nitrogen and oxygen atoms in total. The number of nitriles is 1. The largest absolute Gasteiger partial charge is 0.496 e. The fraction of sp³-hybridized carbons (Fsp3) is 0.0526. The molecule has 0 saturated carbocycles. The van der Waals surface area contributed by atoms with Crippen LogP contribution in [-0.4, -0.2) is 17.9 Å². The smallest absolute Gasteiger partial charge is 0.205 e. The molecular weight excluding hydrogens is 368 g/mol. The van der Waals surface area contributed by atoms with Gasteiger partial charge >= 0.3 is 0 Å². The third kappa shape index (κ3) is 2.97. The van der Waals surface area contributed by atoms with Crippen molar-refractivity contribution >= 4 is 38.7 Å². The number of carbonyl (C=O) groups is 1. The van der Waals surface area contributed by atoms with E-state index in [1.165, 1.54) is 0 Å². The van der Waals surface area contributed by atoms with Gasteiger partial charge in [-0.3, -0.25) is 4.79 Å². The Balaban J connectivity index is 2.08. The minimum absolute atomic E-state index is 0.0520. The van der Waals surface area contributed by atoms with Crippen molar-refractivity contribution in [2.75, 3.05) is 7.11 Å². The van der Waals surface area contributed by atoms with Crippen LogP contribution < -0.4 is 4.74 Å². The van der Waals surface area contributed by atoms with Gasteiger partial charge in [0.2, 0.25) is 5.78 Å². The van der Waals surface area contributed by atoms with Gasteiger partial charge in [0.25, 0.3) is 0 Å². The molecule has 0 unspecified atom stereocenters. The number of hydrogen-bond acceptors (Lipinski definition) is 3. The minimum atomic E-state index is -0.322. The van der Waals surface area contributed by atoms with E-state index in [-0.39, 0.29) is 11.4 Å². The third-order valence-electron chi connectivity index (χ3n) is 3.69. The van der Waals surface area contributed by atoms with Gasteiger partial charge in [-0.25, -0.2) is 0 Å². The number of ketones is 1. The fourth-order valence-electron chi connectivity index (χ4n) is 2.53. The van der Waals surface area contributed by atoms with Crippen LogP contribution in [0.3, 0.4) is 0 Å². The highest BCUT2D eigenvalue weighted by atomic mass is 79.9. The fourth-order valence-corrected chi connectivity index (χ4v) is 2.91. The number of para-hydroxylation sites is 1. The van der Waals surface area contributed by atoms with Crippen LogP contribution in [0, 0.1) is 11.3 Å². The van der Waals surface area contributed by atoms with E-state index >= 15 is 0 Å². The Morgan fingerprint density at radius 1 is 1.29 bits per heavy atom. The predicted octanol–water partition coefficient (Wildman–Crippen LogP) is 4.73. The SMILES string of the molecule is COc1ccc(Br)cc1/C=C(\C#N)C(=O)c1c[nH]c2ccccc12. The molecule has 0 aliphatic carbocycles. The quantitative estimate of drug-likeness (QED) is 0.404. The second kappa shape index (κ2) is 6.73. The summed E-state index contributed by atoms with van der Waals surface area (Å²) in [5.74, 6) is 0.273. The number of Topliss-reactive ketones (excluding diaryl/α,β-unsaturated/α-hetero) is 1. The molecule has 0 aliphatic heterocycles. The van der Waals surface area contributed by atoms with Gasteiger partial charge in [0.1, 0.15) is 17.4 Å². The molecule has 24 heavy (non-hydrogen) atoms. The van der Waals surface area contributed by atoms with Crippen LogP contribution in [0.25, 0.3) is 17.0 Å². The number of nitrogens with zero attached hydrogens (tertiary/aromatic N) is 1. The van der Waals surface area contributed by atoms with Crippen molar-refractivity contribution in [2.24, 2.45) is 0 Å². The van der Waals surface area contributed by atoms with Crippen LogP contribution in [0.2, 0.25) is 0 Å². The first kappa shape index (κ1) is 16.0. The molecule has 0 fully saturated rings. The van der Waals surface area contributed by atoms with Crippen molar-refractivity contribution in [1.29, 1.82) is 5.26 Å². The summed E-state index contributed by atoms with van der Waals surface area (Å²) in [6.45, 7) is 0. The van der Waals surface area contributed by atoms with Crippen LogP contribution in [0.5, 0.6) is 5.75 Å². The lowest BCUT2D eigenvalue weighted by molar-refractivity contribution is 0.104. The number of allylic oxidation sites excluding steroid dienone is 1. The van der Waals surface area contributed by atoms with Gasteiger partial charge in [0.15, 0.2) is 0 Å². The van der Waals surface area contributed by atoms with E-state index in [4.69, 9.17) is 4.74 Å². The average Bonchev–Trinajstić information content (AvgIpc) is 3.03. The Bertz CT molecular complexity index is 996. The molecule has 3 rings (SSSR count). The highest BCUT2D eigenvalue weighted by molar-refractivity contribution is 9.10. The molecule has 0 aliphatic rings. The highest BCUT2D eigenvalue weighted by Gasteiger charge is 2.17. The van der Waals surface area contributed by atoms with Gasteiger partial charge < -0.3 is 9.72 Å². The van der Waals surface area contributed by atoms with E-state index in [0.29, 0.717) is 16.9 Å². The molecular formula is C19H13BrN2O2. The van der Waals surface area contributed by atoms with Gasteiger partial charge in [0.05, 0.1) is 7.11 Å². The summed E-state index contributed by atoms with van der Waals surface area (Å²) in [5, 5.41) is 10.3. The van der Waals surface area contributed by atoms with Crippen LogP contribution in [0.15, 0.2) is 58.7 Å². The number of rotatable bonds is 4. The maximum atomic E-state index is 12.8. The third-order valence-corrected chi connectivity index (χ3v) is 4.18. The zero-order chi connectivity index (χ0) is 17.1. The zero-order valence-electron chi connectivity index (χ0n) is 12.8. The molecule has 0 bridgehead atoms. The van der Waals surface area contributed by atoms with Crippen molar-refractivity contribution in [1.82, 2.24) is 4.98 Å². The Hall–Kier alpha value is -2.84. The van der Waals surface area contributed by atoms with Crippen molar-refractivity contribution in [3.05, 3.63) is 69.8 Å². The number of halogens is 1. The van der Waals surface area contributed by atoms with E-state index < -0.39 is 0 Å². The monoisotopic (exact) mass is 380 g/mol. The number of nitrogens with one attached hydrogen (secondary N) is 1. The molecule has 0 spiro atoms. The Kier molecular flexibility index (Phi) is 4.50. The van der Waals surface area contributed by atoms with E-state index in [0.717, 1.165) is 15.4 Å². The molecule has 0 amide bonds. The summed E-state index contributed by atoms with van der Waals surface area (Å²) in [6.07, 6.45) is 3.18. The first-order valence-corrected chi connectivity index (χ1v) is 7.99. The van der Waals surface area contributed by atoms with Gasteiger partial charge in [-0.05, 0) is 30.3 Å². The number of aromatic amines is 1. The summed E-state index contributed by atoms with van der Waals surface area (Å²) in [6, 6.07) is 14.9. The maximum Gasteiger partial charge on any atom is 0.205 e. The summed E-state index contributed by atoms with van der Waals surface area (Å²) in [7, 11) is 1.55. The second-order valence-electron chi connectivity index (χ2n) is 5.13. The molecule has 0 atom stereocenters. The summed E-state index contributed by atoms with van der Waals surface area (Å²) in [4.78, 5) is 15.8. The van der Waals surface area contributed by atoms with Gasteiger partial charge in [0, 0.05) is 32.7 Å². The topological polar surface area (TPSA) is 65.9 Å². The van der Waals surface area contributed by atoms with Crippen molar-refractivity contribution < 1.29 is 9.53 Å². The van der Waals surface area contributed by atoms with Gasteiger partial charge in [-0.1, -0.05) is 34.1 Å². The zero-order valence-corrected chi connectivity index (χ0v) is 14.4. The number of H-pyrrole nitrogens is 1. The van der Waals surface area contributed by atoms with E-state index in [1.54, 1.807) is 31.5 Å². The Morgan fingerprint density at radius 2 is 2.08 bits per heavy atom. The van der Waals surface area contributed by atoms with Crippen molar-refractivity contribution in [3.8, 4) is 11.8 Å². The first-order chi connectivity index (χ1) is 11.6. The van der Waals surface area contributed by atoms with Crippen LogP contribution >= 0.6 is 15.9 Å². The minimum Gasteiger partial charge on any atom is -0.496 e. The lowest BCUT2D eigenvalue weighted by Crippen LogP contribution is -2.01. The van der Waals surface area contributed by atoms with Crippen molar-refractivity contribution in [2.45, 2.75) is 0 Å². The molecule has 5 heteroatoms. The first-order valence-electron chi connectivity index (χ1n) is 7.20. The number of hydrogen-bond donors (Lipinski definition) is 1. The lowest BCUT2D eigenvalue weighted by Gasteiger charge is -2.06. The normalized spacial score (nSPS) is 11.3. The number of ether oxygens (including phenoxy) is 1. The average molecular weight is 381 g/mol. The molecule has 0 saturated heterocycles. The van der Waals surface area contributed by atoms with Crippen LogP contribution in [-0.2, 0) is 0 Å². The molecule has 118 valence electrons. The van der Waals surface area contributed by atoms with E-state index in [1.807, 2.05) is 36.4 Å². The Labute approximate surface area is 147 Å². The molecule has 1 N–H and O–H groups in total. The Morgan fingerprint density at radius 3 is 2.83 bits per heavy atom. The standard InChI is InChI=1S/C19H13BrN2O2/c1-24-18-7-6-14(20)9-12(18)8-13(10-21)19(23)16-11-22-17-5-3-2-4-15(16)17/h2-9,11,22H,1H3/b13-8+. The summed E-state index contributed by atoms with van der Waals surface area (Å²) >= 11 is 3.39. The molecule has 1 aromatic heterocycles. The van der Waals surface area contributed by atoms with E-state index in [2.05, 4.69) is 20.9 Å². The predicted molar refractivity (Wildman–Crippen MR) is 96.9 cm³/mol. The molecule has 2 aromatic carbocycles. The lowest BCUT2D eigenvalue weighted by atomic mass is 10.0. The summed E-state index contributed by atoms with van der Waals surface area (Å²) in [5.41, 5.74) is 2.05. The highest BCUT2D eigenvalue weighted by Crippen LogP contribution is 2.27. The van der Waals surface area contributed by atoms with Gasteiger partial charge in [-0.15, -0.1) is 0 Å². The number of methoxy groups -OCH3 is 1. The molecule has 3 aromatic rings. The van der Waals surface area contributed by atoms with Crippen LogP contribution in [0.4, 0.5) is 0 Å². The number of carbonyl (C=O) groups excluding carboxylic acids is 1. The van der Waals surface area contributed by atoms with Gasteiger partial charge in [-0.2, -0.15) is 5.26 Å². The summed E-state index contributed by atoms with van der Waals surface area (Å²) < 4.78 is 6.13. The number of aromatic nitrogens is 1.